The molecule has 3 heteroatoms. The Balaban J connectivity index is 2.30. The summed E-state index contributed by atoms with van der Waals surface area (Å²) < 4.78 is 0. The Morgan fingerprint density at radius 1 is 1.05 bits per heavy atom. The number of nitrogens with zero attached hydrogens (tertiary/aromatic N) is 1. The van der Waals surface area contributed by atoms with Crippen LogP contribution in [0.3, 0.4) is 0 Å². The molecule has 0 spiro atoms. The normalized spacial score (nSPS) is 13.5. The molecule has 0 radical (unpaired) electrons. The number of benzene rings is 2. The summed E-state index contributed by atoms with van der Waals surface area (Å²) in [6.45, 7) is 1.78. The van der Waals surface area contributed by atoms with E-state index in [0.717, 1.165) is 16.8 Å². The van der Waals surface area contributed by atoms with Crippen LogP contribution in [-0.2, 0) is 16.6 Å². The number of hydrogen-bond acceptors (Lipinski definition) is 2. The Bertz CT molecular complexity index is 605. The van der Waals surface area contributed by atoms with Gasteiger partial charge in [0.25, 0.3) is 0 Å². The van der Waals surface area contributed by atoms with Gasteiger partial charge >= 0.3 is 5.97 Å². The van der Waals surface area contributed by atoms with E-state index in [-0.39, 0.29) is 0 Å². The first-order chi connectivity index (χ1) is 9.93. The standard InChI is InChI=1S/C18H21NO2/c1-18(17(20)21,15-7-5-4-6-8-15)13-14-9-11-16(12-10-14)19(2)3/h4-12H,13H2,1-3H3,(H,20,21). The van der Waals surface area contributed by atoms with Crippen LogP contribution >= 0.6 is 0 Å². The molecule has 1 N–H and O–H groups in total. The van der Waals surface area contributed by atoms with Crippen LogP contribution in [-0.4, -0.2) is 25.2 Å². The summed E-state index contributed by atoms with van der Waals surface area (Å²) in [5.41, 5.74) is 2.04. The molecule has 2 rings (SSSR count). The second kappa shape index (κ2) is 6.00. The van der Waals surface area contributed by atoms with Crippen LogP contribution in [0.15, 0.2) is 54.6 Å². The van der Waals surface area contributed by atoms with Crippen LogP contribution in [0.2, 0.25) is 0 Å². The first-order valence-corrected chi connectivity index (χ1v) is 6.98. The van der Waals surface area contributed by atoms with E-state index in [1.807, 2.05) is 73.6 Å². The van der Waals surface area contributed by atoms with Crippen LogP contribution in [0, 0.1) is 0 Å². The summed E-state index contributed by atoms with van der Waals surface area (Å²) >= 11 is 0. The van der Waals surface area contributed by atoms with Gasteiger partial charge in [-0.3, -0.25) is 4.79 Å². The van der Waals surface area contributed by atoms with Crippen LogP contribution in [0.1, 0.15) is 18.1 Å². The topological polar surface area (TPSA) is 40.5 Å². The van der Waals surface area contributed by atoms with Gasteiger partial charge in [0.2, 0.25) is 0 Å². The minimum atomic E-state index is -0.916. The molecule has 0 amide bonds. The van der Waals surface area contributed by atoms with Crippen LogP contribution in [0.4, 0.5) is 5.69 Å². The quantitative estimate of drug-likeness (QED) is 0.915. The lowest BCUT2D eigenvalue weighted by atomic mass is 9.77. The van der Waals surface area contributed by atoms with Gasteiger partial charge in [0.15, 0.2) is 0 Å². The van der Waals surface area contributed by atoms with Crippen molar-refractivity contribution >= 4 is 11.7 Å². The van der Waals surface area contributed by atoms with E-state index in [9.17, 15) is 9.90 Å². The summed E-state index contributed by atoms with van der Waals surface area (Å²) in [6, 6.07) is 17.4. The van der Waals surface area contributed by atoms with Crippen molar-refractivity contribution < 1.29 is 9.90 Å². The van der Waals surface area contributed by atoms with Crippen molar-refractivity contribution in [2.24, 2.45) is 0 Å². The van der Waals surface area contributed by atoms with Gasteiger partial charge < -0.3 is 10.0 Å². The molecule has 0 fully saturated rings. The molecule has 21 heavy (non-hydrogen) atoms. The minimum Gasteiger partial charge on any atom is -0.481 e. The minimum absolute atomic E-state index is 0.472. The molecule has 0 saturated carbocycles. The van der Waals surface area contributed by atoms with Gasteiger partial charge in [-0.05, 0) is 36.6 Å². The summed E-state index contributed by atoms with van der Waals surface area (Å²) in [5.74, 6) is -0.801. The molecule has 1 unspecified atom stereocenters. The predicted molar refractivity (Wildman–Crippen MR) is 85.9 cm³/mol. The average molecular weight is 283 g/mol. The molecule has 2 aromatic rings. The highest BCUT2D eigenvalue weighted by Crippen LogP contribution is 2.29. The SMILES string of the molecule is CN(C)c1ccc(CC(C)(C(=O)O)c2ccccc2)cc1. The molecule has 0 aliphatic heterocycles. The third kappa shape index (κ3) is 3.24. The third-order valence-corrected chi connectivity index (χ3v) is 3.89. The molecule has 3 nitrogen and oxygen atoms in total. The first kappa shape index (κ1) is 15.1. The van der Waals surface area contributed by atoms with E-state index in [1.54, 1.807) is 6.92 Å². The summed E-state index contributed by atoms with van der Waals surface area (Å²) in [7, 11) is 3.97. The second-order valence-electron chi connectivity index (χ2n) is 5.74. The van der Waals surface area contributed by atoms with Gasteiger partial charge in [-0.15, -0.1) is 0 Å². The summed E-state index contributed by atoms with van der Waals surface area (Å²) in [4.78, 5) is 13.8. The predicted octanol–water partition coefficient (Wildman–Crippen LogP) is 3.34. The molecule has 0 bridgehead atoms. The van der Waals surface area contributed by atoms with Crippen LogP contribution in [0.5, 0.6) is 0 Å². The fourth-order valence-corrected chi connectivity index (χ4v) is 2.43. The zero-order chi connectivity index (χ0) is 15.5. The molecule has 0 saturated heterocycles. The van der Waals surface area contributed by atoms with E-state index in [2.05, 4.69) is 0 Å². The number of anilines is 1. The second-order valence-corrected chi connectivity index (χ2v) is 5.74. The smallest absolute Gasteiger partial charge is 0.314 e. The monoisotopic (exact) mass is 283 g/mol. The number of hydrogen-bond donors (Lipinski definition) is 1. The van der Waals surface area contributed by atoms with Crippen LogP contribution < -0.4 is 4.90 Å². The third-order valence-electron chi connectivity index (χ3n) is 3.89. The van der Waals surface area contributed by atoms with Gasteiger partial charge in [-0.1, -0.05) is 42.5 Å². The van der Waals surface area contributed by atoms with E-state index in [0.29, 0.717) is 6.42 Å². The van der Waals surface area contributed by atoms with E-state index in [1.165, 1.54) is 0 Å². The zero-order valence-electron chi connectivity index (χ0n) is 12.7. The van der Waals surface area contributed by atoms with Gasteiger partial charge in [0.1, 0.15) is 0 Å². The maximum Gasteiger partial charge on any atom is 0.314 e. The van der Waals surface area contributed by atoms with Crippen molar-refractivity contribution in [3.8, 4) is 0 Å². The summed E-state index contributed by atoms with van der Waals surface area (Å²) in [6.07, 6.45) is 0.472. The summed E-state index contributed by atoms with van der Waals surface area (Å²) in [5, 5.41) is 9.68. The largest absolute Gasteiger partial charge is 0.481 e. The molecular weight excluding hydrogens is 262 g/mol. The van der Waals surface area contributed by atoms with Crippen molar-refractivity contribution in [2.75, 3.05) is 19.0 Å². The zero-order valence-corrected chi connectivity index (χ0v) is 12.7. The highest BCUT2D eigenvalue weighted by Gasteiger charge is 2.35. The molecule has 2 aromatic carbocycles. The lowest BCUT2D eigenvalue weighted by Crippen LogP contribution is -2.34. The highest BCUT2D eigenvalue weighted by atomic mass is 16.4. The molecular formula is C18H21NO2. The van der Waals surface area contributed by atoms with Crippen molar-refractivity contribution in [2.45, 2.75) is 18.8 Å². The molecule has 0 aromatic heterocycles. The Morgan fingerprint density at radius 3 is 2.10 bits per heavy atom. The van der Waals surface area contributed by atoms with Gasteiger partial charge in [-0.2, -0.15) is 0 Å². The van der Waals surface area contributed by atoms with Crippen molar-refractivity contribution in [1.29, 1.82) is 0 Å². The van der Waals surface area contributed by atoms with Crippen molar-refractivity contribution in [3.05, 3.63) is 65.7 Å². The Labute approximate surface area is 125 Å². The molecule has 1 atom stereocenters. The van der Waals surface area contributed by atoms with E-state index < -0.39 is 11.4 Å². The number of rotatable bonds is 5. The molecule has 0 heterocycles. The van der Waals surface area contributed by atoms with Gasteiger partial charge in [0, 0.05) is 19.8 Å². The van der Waals surface area contributed by atoms with E-state index >= 15 is 0 Å². The van der Waals surface area contributed by atoms with E-state index in [4.69, 9.17) is 0 Å². The fourth-order valence-electron chi connectivity index (χ4n) is 2.43. The average Bonchev–Trinajstić information content (AvgIpc) is 2.48. The maximum atomic E-state index is 11.8. The lowest BCUT2D eigenvalue weighted by Gasteiger charge is -2.26. The molecule has 0 aliphatic rings. The number of aliphatic carboxylic acids is 1. The lowest BCUT2D eigenvalue weighted by molar-refractivity contribution is -0.143. The Kier molecular flexibility index (Phi) is 4.32. The number of carboxylic acid groups (broad SMARTS) is 1. The Morgan fingerprint density at radius 2 is 1.62 bits per heavy atom. The maximum absolute atomic E-state index is 11.8. The van der Waals surface area contributed by atoms with Crippen molar-refractivity contribution in [1.82, 2.24) is 0 Å². The molecule has 110 valence electrons. The fraction of sp³-hybridized carbons (Fsp3) is 0.278. The molecule has 0 aliphatic carbocycles. The Hall–Kier alpha value is -2.29. The van der Waals surface area contributed by atoms with Crippen molar-refractivity contribution in [3.63, 3.8) is 0 Å². The number of carbonyl (C=O) groups is 1. The van der Waals surface area contributed by atoms with Gasteiger partial charge in [0.05, 0.1) is 5.41 Å². The number of carboxylic acids is 1. The van der Waals surface area contributed by atoms with Crippen LogP contribution in [0.25, 0.3) is 0 Å². The highest BCUT2D eigenvalue weighted by molar-refractivity contribution is 5.81. The first-order valence-electron chi connectivity index (χ1n) is 6.98. The van der Waals surface area contributed by atoms with Gasteiger partial charge in [-0.25, -0.2) is 0 Å².